The number of phenols is 2. The first-order valence-electron chi connectivity index (χ1n) is 8.12. The van der Waals surface area contributed by atoms with Gasteiger partial charge in [0.2, 0.25) is 5.79 Å². The molecule has 2 heterocycles. The zero-order chi connectivity index (χ0) is 16.2. The average molecular weight is 312 g/mol. The lowest BCUT2D eigenvalue weighted by molar-refractivity contribution is -0.236. The summed E-state index contributed by atoms with van der Waals surface area (Å²) in [5, 5.41) is 21.0. The van der Waals surface area contributed by atoms with Crippen LogP contribution in [0.3, 0.4) is 0 Å². The lowest BCUT2D eigenvalue weighted by Gasteiger charge is -2.27. The Morgan fingerprint density at radius 3 is 1.65 bits per heavy atom. The summed E-state index contributed by atoms with van der Waals surface area (Å²) in [6, 6.07) is 10.8. The van der Waals surface area contributed by atoms with Gasteiger partial charge in [-0.15, -0.1) is 0 Å². The van der Waals surface area contributed by atoms with Crippen molar-refractivity contribution < 1.29 is 19.7 Å². The van der Waals surface area contributed by atoms with Gasteiger partial charge >= 0.3 is 0 Å². The van der Waals surface area contributed by atoms with Crippen LogP contribution in [0.2, 0.25) is 0 Å². The van der Waals surface area contributed by atoms with Crippen molar-refractivity contribution in [2.24, 2.45) is 0 Å². The second-order valence-electron chi connectivity index (χ2n) is 6.13. The summed E-state index contributed by atoms with van der Waals surface area (Å²) in [5.41, 5.74) is 3.12. The molecule has 0 saturated heterocycles. The summed E-state index contributed by atoms with van der Waals surface area (Å²) < 4.78 is 12.6. The maximum absolute atomic E-state index is 10.5. The molecule has 0 saturated carbocycles. The van der Waals surface area contributed by atoms with Gasteiger partial charge in [-0.3, -0.25) is 0 Å². The Labute approximate surface area is 135 Å². The van der Waals surface area contributed by atoms with E-state index in [2.05, 4.69) is 0 Å². The van der Waals surface area contributed by atoms with Gasteiger partial charge in [0, 0.05) is 0 Å². The van der Waals surface area contributed by atoms with Crippen LogP contribution in [-0.2, 0) is 15.3 Å². The second-order valence-corrected chi connectivity index (χ2v) is 6.13. The molecule has 0 radical (unpaired) electrons. The minimum atomic E-state index is -1.22. The van der Waals surface area contributed by atoms with Gasteiger partial charge in [0.15, 0.2) is 0 Å². The Morgan fingerprint density at radius 2 is 1.26 bits per heavy atom. The normalized spacial score (nSPS) is 23.9. The maximum Gasteiger partial charge on any atom is 0.231 e. The van der Waals surface area contributed by atoms with Crippen molar-refractivity contribution in [3.63, 3.8) is 0 Å². The van der Waals surface area contributed by atoms with Crippen LogP contribution in [0.4, 0.5) is 0 Å². The molecule has 2 aromatic rings. The van der Waals surface area contributed by atoms with Crippen LogP contribution >= 0.6 is 0 Å². The molecule has 0 fully saturated rings. The van der Waals surface area contributed by atoms with Crippen molar-refractivity contribution in [3.05, 3.63) is 58.7 Å². The number of ether oxygens (including phenoxy) is 2. The topological polar surface area (TPSA) is 58.9 Å². The number of aromatic hydroxyl groups is 2. The molecule has 120 valence electrons. The third kappa shape index (κ3) is 1.79. The van der Waals surface area contributed by atoms with Crippen LogP contribution in [0, 0.1) is 0 Å². The lowest BCUT2D eigenvalue weighted by atomic mass is 9.90. The molecule has 4 nitrogen and oxygen atoms in total. The Kier molecular flexibility index (Phi) is 3.15. The minimum Gasteiger partial charge on any atom is -0.507 e. The fourth-order valence-electron chi connectivity index (χ4n) is 3.89. The molecule has 2 N–H and O–H groups in total. The second kappa shape index (κ2) is 4.98. The Hall–Kier alpha value is -2.04. The molecule has 23 heavy (non-hydrogen) atoms. The SMILES string of the molecule is CC[C@H]1OC2(O[C@H](CC)c3cccc(O)c32)c2c(O)cccc21. The number of rotatable bonds is 2. The first-order chi connectivity index (χ1) is 11.1. The van der Waals surface area contributed by atoms with Crippen molar-refractivity contribution in [1.82, 2.24) is 0 Å². The van der Waals surface area contributed by atoms with Crippen LogP contribution in [0.1, 0.15) is 61.2 Å². The summed E-state index contributed by atoms with van der Waals surface area (Å²) in [6.07, 6.45) is 1.20. The highest BCUT2D eigenvalue weighted by molar-refractivity contribution is 5.58. The predicted molar refractivity (Wildman–Crippen MR) is 85.2 cm³/mol. The standard InChI is InChI=1S/C19H20O4/c1-3-15-11-7-5-9-13(20)17(11)19(22-15)18-12(16(4-2)23-19)8-6-10-14(18)21/h5-10,15-16,20-21H,3-4H2,1-2H3/t15-,16-,19?/m1/s1. The van der Waals surface area contributed by atoms with Crippen molar-refractivity contribution in [3.8, 4) is 11.5 Å². The monoisotopic (exact) mass is 312 g/mol. The zero-order valence-electron chi connectivity index (χ0n) is 13.2. The Bertz CT molecular complexity index is 702. The van der Waals surface area contributed by atoms with E-state index >= 15 is 0 Å². The maximum atomic E-state index is 10.5. The van der Waals surface area contributed by atoms with Gasteiger partial charge in [-0.2, -0.15) is 0 Å². The third-order valence-corrected chi connectivity index (χ3v) is 4.86. The van der Waals surface area contributed by atoms with Gasteiger partial charge in [0.05, 0.1) is 23.3 Å². The van der Waals surface area contributed by atoms with E-state index in [1.54, 1.807) is 12.1 Å². The predicted octanol–water partition coefficient (Wildman–Crippen LogP) is 4.26. The fourth-order valence-corrected chi connectivity index (χ4v) is 3.89. The molecule has 0 aromatic heterocycles. The van der Waals surface area contributed by atoms with E-state index in [4.69, 9.17) is 9.47 Å². The number of phenolic OH excluding ortho intramolecular Hbond substituents is 2. The smallest absolute Gasteiger partial charge is 0.231 e. The molecule has 1 spiro atoms. The molecule has 2 aliphatic rings. The quantitative estimate of drug-likeness (QED) is 0.870. The molecule has 0 bridgehead atoms. The van der Waals surface area contributed by atoms with Crippen molar-refractivity contribution in [1.29, 1.82) is 0 Å². The highest BCUT2D eigenvalue weighted by atomic mass is 16.7. The van der Waals surface area contributed by atoms with Crippen LogP contribution in [-0.4, -0.2) is 10.2 Å². The van der Waals surface area contributed by atoms with E-state index in [1.165, 1.54) is 0 Å². The van der Waals surface area contributed by atoms with Gasteiger partial charge < -0.3 is 19.7 Å². The lowest BCUT2D eigenvalue weighted by Crippen LogP contribution is -2.27. The Morgan fingerprint density at radius 1 is 0.826 bits per heavy atom. The number of benzene rings is 2. The summed E-state index contributed by atoms with van der Waals surface area (Å²) in [7, 11) is 0. The van der Waals surface area contributed by atoms with Crippen molar-refractivity contribution in [2.75, 3.05) is 0 Å². The molecule has 0 aliphatic carbocycles. The van der Waals surface area contributed by atoms with Crippen molar-refractivity contribution >= 4 is 0 Å². The van der Waals surface area contributed by atoms with E-state index in [0.717, 1.165) is 24.0 Å². The molecule has 2 aromatic carbocycles. The molecule has 4 heteroatoms. The van der Waals surface area contributed by atoms with E-state index in [1.807, 2.05) is 38.1 Å². The van der Waals surface area contributed by atoms with Crippen LogP contribution in [0.15, 0.2) is 36.4 Å². The Balaban J connectivity index is 2.02. The van der Waals surface area contributed by atoms with Gasteiger partial charge in [0.1, 0.15) is 11.5 Å². The van der Waals surface area contributed by atoms with Gasteiger partial charge in [-0.1, -0.05) is 38.1 Å². The van der Waals surface area contributed by atoms with Crippen LogP contribution in [0.5, 0.6) is 11.5 Å². The summed E-state index contributed by atoms with van der Waals surface area (Å²) in [4.78, 5) is 0. The average Bonchev–Trinajstić information content (AvgIpc) is 3.05. The number of fused-ring (bicyclic) bond motifs is 4. The minimum absolute atomic E-state index is 0.143. The van der Waals surface area contributed by atoms with E-state index in [-0.39, 0.29) is 23.7 Å². The third-order valence-electron chi connectivity index (χ3n) is 4.86. The van der Waals surface area contributed by atoms with Gasteiger partial charge in [-0.05, 0) is 36.1 Å². The highest BCUT2D eigenvalue weighted by Gasteiger charge is 2.56. The van der Waals surface area contributed by atoms with E-state index in [9.17, 15) is 10.2 Å². The number of hydrogen-bond donors (Lipinski definition) is 2. The molecule has 0 unspecified atom stereocenters. The largest absolute Gasteiger partial charge is 0.507 e. The van der Waals surface area contributed by atoms with Crippen LogP contribution in [0.25, 0.3) is 0 Å². The molecule has 2 atom stereocenters. The molecular formula is C19H20O4. The molecule has 2 aliphatic heterocycles. The highest BCUT2D eigenvalue weighted by Crippen LogP contribution is 2.61. The van der Waals surface area contributed by atoms with Gasteiger partial charge in [-0.25, -0.2) is 0 Å². The first kappa shape index (κ1) is 14.5. The summed E-state index contributed by atoms with van der Waals surface area (Å²) in [5.74, 6) is -0.934. The number of hydrogen-bond acceptors (Lipinski definition) is 4. The molecule has 4 rings (SSSR count). The fraction of sp³-hybridized carbons (Fsp3) is 0.368. The van der Waals surface area contributed by atoms with E-state index in [0.29, 0.717) is 11.1 Å². The summed E-state index contributed by atoms with van der Waals surface area (Å²) >= 11 is 0. The first-order valence-corrected chi connectivity index (χ1v) is 8.12. The van der Waals surface area contributed by atoms with Crippen molar-refractivity contribution in [2.45, 2.75) is 44.7 Å². The molecule has 0 amide bonds. The van der Waals surface area contributed by atoms with E-state index < -0.39 is 5.79 Å². The van der Waals surface area contributed by atoms with Crippen LogP contribution < -0.4 is 0 Å². The van der Waals surface area contributed by atoms with Gasteiger partial charge in [0.25, 0.3) is 0 Å². The summed E-state index contributed by atoms with van der Waals surface area (Å²) in [6.45, 7) is 4.07. The zero-order valence-corrected chi connectivity index (χ0v) is 13.2. The molecular weight excluding hydrogens is 292 g/mol.